The van der Waals surface area contributed by atoms with Crippen molar-refractivity contribution in [3.05, 3.63) is 105 Å². The highest BCUT2D eigenvalue weighted by Gasteiger charge is 2.41. The fourth-order valence-electron chi connectivity index (χ4n) is 3.39. The van der Waals surface area contributed by atoms with E-state index >= 15 is 0 Å². The second-order valence-electron chi connectivity index (χ2n) is 7.16. The molecule has 0 aliphatic carbocycles. The number of carbonyl (C=O) groups excluding carboxylic acids is 2. The van der Waals surface area contributed by atoms with Crippen LogP contribution in [-0.2, 0) is 16.0 Å². The van der Waals surface area contributed by atoms with Crippen LogP contribution in [0.5, 0.6) is 0 Å². The van der Waals surface area contributed by atoms with E-state index in [9.17, 15) is 14.9 Å². The molecule has 33 heavy (non-hydrogen) atoms. The summed E-state index contributed by atoms with van der Waals surface area (Å²) in [6.07, 6.45) is 0.378. The molecule has 1 aliphatic rings. The van der Waals surface area contributed by atoms with Crippen molar-refractivity contribution in [3.63, 3.8) is 0 Å². The van der Waals surface area contributed by atoms with Crippen molar-refractivity contribution in [2.24, 2.45) is 0 Å². The molecule has 3 aromatic rings. The Bertz CT molecular complexity index is 1270. The second kappa shape index (κ2) is 10.3. The fourth-order valence-corrected chi connectivity index (χ4v) is 5.16. The van der Waals surface area contributed by atoms with E-state index in [2.05, 4.69) is 21.2 Å². The molecular weight excluding hydrogens is 522 g/mol. The first-order valence-corrected chi connectivity index (χ1v) is 12.0. The topological polar surface area (TPSA) is 73.2 Å². The van der Waals surface area contributed by atoms with Gasteiger partial charge in [0.05, 0.1) is 5.25 Å². The molecule has 8 heteroatoms. The number of thioether (sulfide) groups is 1. The van der Waals surface area contributed by atoms with Gasteiger partial charge in [0.1, 0.15) is 16.7 Å². The van der Waals surface area contributed by atoms with Gasteiger partial charge in [0, 0.05) is 20.9 Å². The molecule has 1 saturated heterocycles. The average Bonchev–Trinajstić information content (AvgIpc) is 3.13. The van der Waals surface area contributed by atoms with Gasteiger partial charge in [-0.1, -0.05) is 75.7 Å². The van der Waals surface area contributed by atoms with Crippen LogP contribution < -0.4 is 10.2 Å². The molecule has 1 heterocycles. The van der Waals surface area contributed by atoms with E-state index < -0.39 is 11.2 Å². The van der Waals surface area contributed by atoms with Gasteiger partial charge >= 0.3 is 0 Å². The minimum atomic E-state index is -0.575. The van der Waals surface area contributed by atoms with Crippen molar-refractivity contribution < 1.29 is 9.59 Å². The third-order valence-electron chi connectivity index (χ3n) is 4.99. The first-order valence-electron chi connectivity index (χ1n) is 9.98. The van der Waals surface area contributed by atoms with Gasteiger partial charge in [0.25, 0.3) is 5.91 Å². The lowest BCUT2D eigenvalue weighted by Crippen LogP contribution is -2.30. The number of nitrogens with zero attached hydrogens (tertiary/aromatic N) is 2. The molecule has 5 nitrogen and oxygen atoms in total. The maximum absolute atomic E-state index is 13.5. The molecule has 0 bridgehead atoms. The zero-order valence-electron chi connectivity index (χ0n) is 17.2. The van der Waals surface area contributed by atoms with E-state index in [4.69, 9.17) is 11.6 Å². The van der Waals surface area contributed by atoms with Gasteiger partial charge in [-0.25, -0.2) is 0 Å². The smallest absolute Gasteiger partial charge is 0.269 e. The predicted octanol–water partition coefficient (Wildman–Crippen LogP) is 6.17. The van der Waals surface area contributed by atoms with Gasteiger partial charge in [0.2, 0.25) is 5.91 Å². The molecule has 0 spiro atoms. The van der Waals surface area contributed by atoms with Crippen LogP contribution in [0.15, 0.2) is 93.9 Å². The first kappa shape index (κ1) is 23.1. The molecule has 164 valence electrons. The maximum Gasteiger partial charge on any atom is 0.269 e. The molecule has 1 atom stereocenters. The van der Waals surface area contributed by atoms with Crippen LogP contribution in [0, 0.1) is 11.3 Å². The molecule has 0 saturated carbocycles. The van der Waals surface area contributed by atoms with E-state index in [-0.39, 0.29) is 11.5 Å². The molecule has 2 amide bonds. The summed E-state index contributed by atoms with van der Waals surface area (Å²) in [6.45, 7) is 0. The predicted molar refractivity (Wildman–Crippen MR) is 136 cm³/mol. The first-order chi connectivity index (χ1) is 16.0. The Morgan fingerprint density at radius 1 is 1.06 bits per heavy atom. The van der Waals surface area contributed by atoms with Crippen LogP contribution in [-0.4, -0.2) is 17.1 Å². The normalized spacial score (nSPS) is 16.9. The van der Waals surface area contributed by atoms with Crippen molar-refractivity contribution in [2.45, 2.75) is 11.7 Å². The Hall–Kier alpha value is -3.05. The number of rotatable bonds is 5. The zero-order valence-corrected chi connectivity index (χ0v) is 20.3. The summed E-state index contributed by atoms with van der Waals surface area (Å²) in [7, 11) is 0. The third kappa shape index (κ3) is 5.14. The quantitative estimate of drug-likeness (QED) is 0.312. The Morgan fingerprint density at radius 3 is 2.39 bits per heavy atom. The third-order valence-corrected chi connectivity index (χ3v) is 7.15. The molecular formula is C25H17BrClN3O2S. The standard InChI is InChI=1S/C25H17BrClN3O2S/c26-17-10-12-18(13-11-17)29-23(31)20(15-28)25-30(19-7-2-1-3-8-19)24(32)22(33-25)14-16-6-4-5-9-21(16)27/h1-13,22H,14H2,(H,29,31)/b25-20-/t22-/m0/s1. The van der Waals surface area contributed by atoms with Gasteiger partial charge < -0.3 is 5.32 Å². The lowest BCUT2D eigenvalue weighted by molar-refractivity contribution is -0.117. The van der Waals surface area contributed by atoms with E-state index in [1.54, 1.807) is 54.6 Å². The highest BCUT2D eigenvalue weighted by molar-refractivity contribution is 9.10. The summed E-state index contributed by atoms with van der Waals surface area (Å²) >= 11 is 10.9. The molecule has 3 aromatic carbocycles. The van der Waals surface area contributed by atoms with Crippen LogP contribution in [0.4, 0.5) is 11.4 Å². The van der Waals surface area contributed by atoms with Gasteiger partial charge in [-0.2, -0.15) is 5.26 Å². The second-order valence-corrected chi connectivity index (χ2v) is 9.68. The largest absolute Gasteiger partial charge is 0.321 e. The average molecular weight is 539 g/mol. The lowest BCUT2D eigenvalue weighted by Gasteiger charge is -2.18. The number of amides is 2. The summed E-state index contributed by atoms with van der Waals surface area (Å²) < 4.78 is 0.869. The Morgan fingerprint density at radius 2 is 1.73 bits per heavy atom. The van der Waals surface area contributed by atoms with Crippen molar-refractivity contribution >= 4 is 62.5 Å². The Balaban J connectivity index is 1.72. The lowest BCUT2D eigenvalue weighted by atomic mass is 10.1. The highest BCUT2D eigenvalue weighted by atomic mass is 79.9. The van der Waals surface area contributed by atoms with Gasteiger partial charge in [-0.15, -0.1) is 0 Å². The number of halogens is 2. The van der Waals surface area contributed by atoms with Crippen molar-refractivity contribution in [1.29, 1.82) is 5.26 Å². The maximum atomic E-state index is 13.5. The van der Waals surface area contributed by atoms with Gasteiger partial charge in [-0.3, -0.25) is 14.5 Å². The summed E-state index contributed by atoms with van der Waals surface area (Å²) in [4.78, 5) is 27.9. The Labute approximate surface area is 209 Å². The number of hydrogen-bond donors (Lipinski definition) is 1. The van der Waals surface area contributed by atoms with Crippen LogP contribution >= 0.6 is 39.3 Å². The van der Waals surface area contributed by atoms with E-state index in [1.807, 2.05) is 30.3 Å². The van der Waals surface area contributed by atoms with E-state index in [0.29, 0.717) is 27.8 Å². The number of nitriles is 1. The van der Waals surface area contributed by atoms with E-state index in [1.165, 1.54) is 16.7 Å². The highest BCUT2D eigenvalue weighted by Crippen LogP contribution is 2.42. The minimum absolute atomic E-state index is 0.123. The van der Waals surface area contributed by atoms with Crippen molar-refractivity contribution in [2.75, 3.05) is 10.2 Å². The molecule has 1 N–H and O–H groups in total. The van der Waals surface area contributed by atoms with Crippen LogP contribution in [0.2, 0.25) is 5.02 Å². The minimum Gasteiger partial charge on any atom is -0.321 e. The number of para-hydroxylation sites is 1. The molecule has 0 unspecified atom stereocenters. The zero-order chi connectivity index (χ0) is 23.4. The van der Waals surface area contributed by atoms with Crippen LogP contribution in [0.1, 0.15) is 5.56 Å². The SMILES string of the molecule is N#C/C(C(=O)Nc1ccc(Br)cc1)=C1/S[C@@H](Cc2ccccc2Cl)C(=O)N1c1ccccc1. The number of benzene rings is 3. The summed E-state index contributed by atoms with van der Waals surface area (Å²) in [6, 6.07) is 25.4. The number of hydrogen-bond acceptors (Lipinski definition) is 4. The molecule has 0 aromatic heterocycles. The van der Waals surface area contributed by atoms with Gasteiger partial charge in [0.15, 0.2) is 0 Å². The Kier molecular flexibility index (Phi) is 7.19. The fraction of sp³-hybridized carbons (Fsp3) is 0.0800. The monoisotopic (exact) mass is 537 g/mol. The van der Waals surface area contributed by atoms with Crippen LogP contribution in [0.25, 0.3) is 0 Å². The number of carbonyl (C=O) groups is 2. The van der Waals surface area contributed by atoms with Crippen molar-refractivity contribution in [1.82, 2.24) is 0 Å². The molecule has 1 aliphatic heterocycles. The summed E-state index contributed by atoms with van der Waals surface area (Å²) in [5.41, 5.74) is 1.85. The summed E-state index contributed by atoms with van der Waals surface area (Å²) in [5.74, 6) is -0.778. The van der Waals surface area contributed by atoms with Gasteiger partial charge in [-0.05, 0) is 54.4 Å². The molecule has 1 fully saturated rings. The van der Waals surface area contributed by atoms with Crippen molar-refractivity contribution in [3.8, 4) is 6.07 Å². The number of anilines is 2. The summed E-state index contributed by atoms with van der Waals surface area (Å²) in [5, 5.41) is 13.0. The number of nitrogens with one attached hydrogen (secondary N) is 1. The molecule has 0 radical (unpaired) electrons. The van der Waals surface area contributed by atoms with E-state index in [0.717, 1.165) is 10.0 Å². The van der Waals surface area contributed by atoms with Crippen LogP contribution in [0.3, 0.4) is 0 Å². The molecule has 4 rings (SSSR count).